The van der Waals surface area contributed by atoms with E-state index in [1.54, 1.807) is 29.0 Å². The van der Waals surface area contributed by atoms with Gasteiger partial charge in [0.1, 0.15) is 6.54 Å². The number of pyridine rings is 2. The minimum absolute atomic E-state index is 0.0823. The van der Waals surface area contributed by atoms with Crippen LogP contribution in [0.25, 0.3) is 11.0 Å². The highest BCUT2D eigenvalue weighted by molar-refractivity contribution is 5.96. The van der Waals surface area contributed by atoms with Crippen LogP contribution in [0.1, 0.15) is 5.69 Å². The first-order valence-electron chi connectivity index (χ1n) is 7.66. The number of aromatic nitrogens is 4. The van der Waals surface area contributed by atoms with Gasteiger partial charge in [0, 0.05) is 38.9 Å². The van der Waals surface area contributed by atoms with E-state index in [1.807, 2.05) is 50.2 Å². The van der Waals surface area contributed by atoms with E-state index in [0.717, 1.165) is 28.2 Å². The molecule has 0 aromatic carbocycles. The Labute approximate surface area is 140 Å². The maximum Gasteiger partial charge on any atom is 0.248 e. The van der Waals surface area contributed by atoms with Crippen molar-refractivity contribution in [3.63, 3.8) is 0 Å². The summed E-state index contributed by atoms with van der Waals surface area (Å²) in [6.07, 6.45) is 3.42. The van der Waals surface area contributed by atoms with Gasteiger partial charge in [-0.3, -0.25) is 4.79 Å². The molecule has 0 saturated carbocycles. The third kappa shape index (κ3) is 2.80. The van der Waals surface area contributed by atoms with Crippen LogP contribution in [0, 0.1) is 6.92 Å². The number of aryl methyl sites for hydroxylation is 1. The van der Waals surface area contributed by atoms with E-state index in [1.165, 1.54) is 0 Å². The third-order valence-corrected chi connectivity index (χ3v) is 3.90. The zero-order chi connectivity index (χ0) is 17.3. The van der Waals surface area contributed by atoms with Crippen molar-refractivity contribution in [3.05, 3.63) is 42.4 Å². The number of amides is 1. The zero-order valence-corrected chi connectivity index (χ0v) is 14.3. The van der Waals surface area contributed by atoms with Gasteiger partial charge in [-0.1, -0.05) is 0 Å². The number of carbonyl (C=O) groups excluding carboxylic acids is 1. The van der Waals surface area contributed by atoms with Crippen LogP contribution in [-0.2, 0) is 11.3 Å². The molecule has 0 radical (unpaired) electrons. The number of nitrogens with zero attached hydrogens (tertiary/aromatic N) is 6. The number of rotatable bonds is 4. The number of anilines is 2. The molecule has 24 heavy (non-hydrogen) atoms. The molecule has 0 spiro atoms. The molecule has 3 aromatic heterocycles. The van der Waals surface area contributed by atoms with Crippen LogP contribution in [0.4, 0.5) is 11.5 Å². The van der Waals surface area contributed by atoms with E-state index < -0.39 is 0 Å². The molecule has 124 valence electrons. The average Bonchev–Trinajstić information content (AvgIpc) is 2.90. The molecule has 7 heteroatoms. The summed E-state index contributed by atoms with van der Waals surface area (Å²) in [6.45, 7) is 2.04. The summed E-state index contributed by atoms with van der Waals surface area (Å²) in [5.74, 6) is 0.661. The van der Waals surface area contributed by atoms with E-state index in [9.17, 15) is 4.79 Å². The highest BCUT2D eigenvalue weighted by atomic mass is 16.2. The molecular formula is C17H20N6O. The fourth-order valence-electron chi connectivity index (χ4n) is 2.64. The molecule has 0 unspecified atom stereocenters. The molecule has 0 aliphatic rings. The molecular weight excluding hydrogens is 304 g/mol. The second-order valence-electron chi connectivity index (χ2n) is 5.81. The summed E-state index contributed by atoms with van der Waals surface area (Å²) in [7, 11) is 5.55. The minimum atomic E-state index is -0.0823. The van der Waals surface area contributed by atoms with Gasteiger partial charge in [0.25, 0.3) is 0 Å². The van der Waals surface area contributed by atoms with Gasteiger partial charge in [-0.2, -0.15) is 5.10 Å². The second-order valence-corrected chi connectivity index (χ2v) is 5.81. The molecule has 0 fully saturated rings. The molecule has 7 nitrogen and oxygen atoms in total. The Morgan fingerprint density at radius 3 is 2.58 bits per heavy atom. The maximum absolute atomic E-state index is 12.7. The Bertz CT molecular complexity index is 886. The molecule has 0 bridgehead atoms. The molecule has 0 atom stereocenters. The lowest BCUT2D eigenvalue weighted by Gasteiger charge is -2.23. The number of hydrogen-bond donors (Lipinski definition) is 0. The number of fused-ring (bicyclic) bond motifs is 1. The normalized spacial score (nSPS) is 10.8. The van der Waals surface area contributed by atoms with Crippen molar-refractivity contribution in [2.45, 2.75) is 13.5 Å². The predicted molar refractivity (Wildman–Crippen MR) is 94.2 cm³/mol. The van der Waals surface area contributed by atoms with Crippen molar-refractivity contribution >= 4 is 28.4 Å². The Balaban J connectivity index is 1.89. The number of carbonyl (C=O) groups is 1. The van der Waals surface area contributed by atoms with E-state index in [0.29, 0.717) is 0 Å². The molecule has 3 rings (SSSR count). The molecule has 0 N–H and O–H groups in total. The SMILES string of the molecule is Cc1nn(CC(=O)N(C)c2cccnc2N(C)C)c2ncccc12. The highest BCUT2D eigenvalue weighted by Gasteiger charge is 2.18. The van der Waals surface area contributed by atoms with E-state index >= 15 is 0 Å². The van der Waals surface area contributed by atoms with Crippen molar-refractivity contribution in [3.8, 4) is 0 Å². The van der Waals surface area contributed by atoms with E-state index in [4.69, 9.17) is 0 Å². The Morgan fingerprint density at radius 2 is 1.83 bits per heavy atom. The fourth-order valence-corrected chi connectivity index (χ4v) is 2.64. The predicted octanol–water partition coefficient (Wildman–Crippen LogP) is 1.86. The van der Waals surface area contributed by atoms with E-state index in [2.05, 4.69) is 15.1 Å². The number of likely N-dealkylation sites (N-methyl/N-ethyl adjacent to an activating group) is 1. The summed E-state index contributed by atoms with van der Waals surface area (Å²) in [4.78, 5) is 24.9. The summed E-state index contributed by atoms with van der Waals surface area (Å²) < 4.78 is 1.65. The first-order valence-corrected chi connectivity index (χ1v) is 7.66. The van der Waals surface area contributed by atoms with Crippen LogP contribution in [0.2, 0.25) is 0 Å². The van der Waals surface area contributed by atoms with E-state index in [-0.39, 0.29) is 12.5 Å². The lowest BCUT2D eigenvalue weighted by molar-refractivity contribution is -0.119. The van der Waals surface area contributed by atoms with Gasteiger partial charge in [-0.25, -0.2) is 14.6 Å². The first-order chi connectivity index (χ1) is 11.5. The lowest BCUT2D eigenvalue weighted by Crippen LogP contribution is -2.32. The maximum atomic E-state index is 12.7. The minimum Gasteiger partial charge on any atom is -0.361 e. The lowest BCUT2D eigenvalue weighted by atomic mass is 10.3. The standard InChI is InChI=1S/C17H20N6O/c1-12-13-7-5-9-18-16(13)23(20-12)11-15(24)22(4)14-8-6-10-19-17(14)21(2)3/h5-10H,11H2,1-4H3. The van der Waals surface area contributed by atoms with Crippen LogP contribution in [-0.4, -0.2) is 46.8 Å². The zero-order valence-electron chi connectivity index (χ0n) is 14.3. The Hall–Kier alpha value is -2.96. The Morgan fingerprint density at radius 1 is 1.12 bits per heavy atom. The van der Waals surface area contributed by atoms with Gasteiger partial charge in [0.15, 0.2) is 11.5 Å². The molecule has 3 heterocycles. The van der Waals surface area contributed by atoms with Gasteiger partial charge in [-0.15, -0.1) is 0 Å². The van der Waals surface area contributed by atoms with Gasteiger partial charge < -0.3 is 9.80 Å². The number of hydrogen-bond acceptors (Lipinski definition) is 5. The second kappa shape index (κ2) is 6.27. The van der Waals surface area contributed by atoms with Crippen molar-refractivity contribution in [1.29, 1.82) is 0 Å². The summed E-state index contributed by atoms with van der Waals surface area (Å²) in [6, 6.07) is 7.53. The van der Waals surface area contributed by atoms with Gasteiger partial charge in [-0.05, 0) is 31.2 Å². The molecule has 3 aromatic rings. The molecule has 0 aliphatic carbocycles. The van der Waals surface area contributed by atoms with Crippen LogP contribution < -0.4 is 9.80 Å². The average molecular weight is 324 g/mol. The molecule has 0 saturated heterocycles. The third-order valence-electron chi connectivity index (χ3n) is 3.90. The van der Waals surface area contributed by atoms with Crippen LogP contribution in [0.3, 0.4) is 0 Å². The smallest absolute Gasteiger partial charge is 0.248 e. The largest absolute Gasteiger partial charge is 0.361 e. The van der Waals surface area contributed by atoms with Crippen molar-refractivity contribution < 1.29 is 4.79 Å². The summed E-state index contributed by atoms with van der Waals surface area (Å²) in [5.41, 5.74) is 2.34. The van der Waals surface area contributed by atoms with Crippen molar-refractivity contribution in [1.82, 2.24) is 19.7 Å². The summed E-state index contributed by atoms with van der Waals surface area (Å²) >= 11 is 0. The fraction of sp³-hybridized carbons (Fsp3) is 0.294. The topological polar surface area (TPSA) is 67.2 Å². The van der Waals surface area contributed by atoms with Crippen molar-refractivity contribution in [2.75, 3.05) is 30.9 Å². The highest BCUT2D eigenvalue weighted by Crippen LogP contribution is 2.24. The van der Waals surface area contributed by atoms with Crippen molar-refractivity contribution in [2.24, 2.45) is 0 Å². The first kappa shape index (κ1) is 15.9. The van der Waals surface area contributed by atoms with Gasteiger partial charge in [0.05, 0.1) is 11.4 Å². The molecule has 0 aliphatic heterocycles. The Kier molecular flexibility index (Phi) is 4.16. The van der Waals surface area contributed by atoms with Gasteiger partial charge >= 0.3 is 0 Å². The van der Waals surface area contributed by atoms with Gasteiger partial charge in [0.2, 0.25) is 5.91 Å². The van der Waals surface area contributed by atoms with Crippen LogP contribution >= 0.6 is 0 Å². The quantitative estimate of drug-likeness (QED) is 0.733. The van der Waals surface area contributed by atoms with Crippen LogP contribution in [0.5, 0.6) is 0 Å². The monoisotopic (exact) mass is 324 g/mol. The molecule has 1 amide bonds. The van der Waals surface area contributed by atoms with Crippen LogP contribution in [0.15, 0.2) is 36.7 Å². The summed E-state index contributed by atoms with van der Waals surface area (Å²) in [5, 5.41) is 5.41.